The van der Waals surface area contributed by atoms with Gasteiger partial charge < -0.3 is 14.6 Å². The molecule has 0 spiro atoms. The Morgan fingerprint density at radius 3 is 2.56 bits per heavy atom. The number of nitrogens with zero attached hydrogens (tertiary/aromatic N) is 4. The molecule has 1 amide bonds. The maximum atomic E-state index is 13.2. The SMILES string of the molecule is CN(C)OCN(C)C(=O)Cn1c(-c2cccnc2)c(C2CCCCC2)c2ccc(C(=O)O)cc21. The Morgan fingerprint density at radius 1 is 1.15 bits per heavy atom. The zero-order valence-electron chi connectivity index (χ0n) is 20.0. The van der Waals surface area contributed by atoms with Crippen LogP contribution < -0.4 is 0 Å². The summed E-state index contributed by atoms with van der Waals surface area (Å²) in [5, 5.41) is 12.2. The van der Waals surface area contributed by atoms with E-state index in [9.17, 15) is 14.7 Å². The lowest BCUT2D eigenvalue weighted by Gasteiger charge is -2.24. The average Bonchev–Trinajstić information content (AvgIpc) is 3.16. The number of carbonyl (C=O) groups is 2. The molecular weight excluding hydrogens is 432 g/mol. The lowest BCUT2D eigenvalue weighted by Crippen LogP contribution is -2.34. The van der Waals surface area contributed by atoms with Crippen LogP contribution in [0.25, 0.3) is 22.2 Å². The normalized spacial score (nSPS) is 14.6. The van der Waals surface area contributed by atoms with Crippen molar-refractivity contribution < 1.29 is 19.5 Å². The molecule has 8 nitrogen and oxygen atoms in total. The number of aromatic carboxylic acids is 1. The molecule has 1 aromatic carbocycles. The van der Waals surface area contributed by atoms with E-state index >= 15 is 0 Å². The third kappa shape index (κ3) is 4.98. The van der Waals surface area contributed by atoms with Gasteiger partial charge in [-0.2, -0.15) is 5.06 Å². The number of fused-ring (bicyclic) bond motifs is 1. The van der Waals surface area contributed by atoms with Crippen molar-refractivity contribution in [2.24, 2.45) is 0 Å². The lowest BCUT2D eigenvalue weighted by molar-refractivity contribution is -0.168. The minimum Gasteiger partial charge on any atom is -0.478 e. The Kier molecular flexibility index (Phi) is 7.29. The number of hydrogen-bond donors (Lipinski definition) is 1. The van der Waals surface area contributed by atoms with Gasteiger partial charge in [-0.05, 0) is 48.6 Å². The molecule has 1 fully saturated rings. The molecule has 0 saturated heterocycles. The predicted molar refractivity (Wildman–Crippen MR) is 130 cm³/mol. The maximum absolute atomic E-state index is 13.2. The molecule has 1 aliphatic carbocycles. The summed E-state index contributed by atoms with van der Waals surface area (Å²) in [6.45, 7) is 0.201. The molecule has 1 aliphatic rings. The summed E-state index contributed by atoms with van der Waals surface area (Å²) in [6, 6.07) is 9.15. The summed E-state index contributed by atoms with van der Waals surface area (Å²) in [7, 11) is 5.23. The highest BCUT2D eigenvalue weighted by Crippen LogP contribution is 2.44. The number of carboxylic acids is 1. The number of amides is 1. The van der Waals surface area contributed by atoms with Crippen LogP contribution in [0.5, 0.6) is 0 Å². The van der Waals surface area contributed by atoms with Crippen molar-refractivity contribution in [1.82, 2.24) is 19.5 Å². The fraction of sp³-hybridized carbons (Fsp3) is 0.423. The van der Waals surface area contributed by atoms with E-state index < -0.39 is 5.97 Å². The second kappa shape index (κ2) is 10.4. The molecule has 1 saturated carbocycles. The Bertz CT molecular complexity index is 1170. The monoisotopic (exact) mass is 464 g/mol. The van der Waals surface area contributed by atoms with Gasteiger partial charge in [0.15, 0.2) is 0 Å². The summed E-state index contributed by atoms with van der Waals surface area (Å²) in [5.74, 6) is -0.757. The van der Waals surface area contributed by atoms with Gasteiger partial charge in [-0.3, -0.25) is 14.6 Å². The van der Waals surface area contributed by atoms with Crippen LogP contribution in [0.4, 0.5) is 0 Å². The third-order valence-electron chi connectivity index (χ3n) is 6.53. The molecule has 0 unspecified atom stereocenters. The van der Waals surface area contributed by atoms with E-state index in [1.54, 1.807) is 44.5 Å². The Balaban J connectivity index is 1.89. The first-order valence-electron chi connectivity index (χ1n) is 11.7. The first-order chi connectivity index (χ1) is 16.4. The second-order valence-electron chi connectivity index (χ2n) is 9.12. The highest BCUT2D eigenvalue weighted by molar-refractivity contribution is 5.99. The van der Waals surface area contributed by atoms with Crippen LogP contribution in [0.2, 0.25) is 0 Å². The van der Waals surface area contributed by atoms with E-state index in [2.05, 4.69) is 4.98 Å². The Labute approximate surface area is 199 Å². The van der Waals surface area contributed by atoms with Gasteiger partial charge in [-0.15, -0.1) is 0 Å². The molecule has 34 heavy (non-hydrogen) atoms. The van der Waals surface area contributed by atoms with Crippen LogP contribution >= 0.6 is 0 Å². The second-order valence-corrected chi connectivity index (χ2v) is 9.12. The fourth-order valence-corrected chi connectivity index (χ4v) is 4.82. The number of aromatic nitrogens is 2. The van der Waals surface area contributed by atoms with Crippen LogP contribution in [0.1, 0.15) is 53.9 Å². The first-order valence-corrected chi connectivity index (χ1v) is 11.7. The summed E-state index contributed by atoms with van der Waals surface area (Å²) in [6.07, 6.45) is 9.28. The molecule has 180 valence electrons. The van der Waals surface area contributed by atoms with Crippen molar-refractivity contribution in [3.05, 3.63) is 53.9 Å². The number of benzene rings is 1. The van der Waals surface area contributed by atoms with Gasteiger partial charge in [0.2, 0.25) is 5.91 Å². The van der Waals surface area contributed by atoms with Gasteiger partial charge in [0.25, 0.3) is 0 Å². The number of likely N-dealkylation sites (N-methyl/N-ethyl adjacent to an activating group) is 1. The van der Waals surface area contributed by atoms with E-state index in [0.717, 1.165) is 35.0 Å². The molecule has 2 heterocycles. The smallest absolute Gasteiger partial charge is 0.335 e. The Morgan fingerprint density at radius 2 is 1.91 bits per heavy atom. The molecular formula is C26H32N4O4. The first kappa shape index (κ1) is 23.9. The highest BCUT2D eigenvalue weighted by atomic mass is 16.7. The molecule has 4 rings (SSSR count). The molecule has 0 aliphatic heterocycles. The van der Waals surface area contributed by atoms with Crippen LogP contribution in [-0.2, 0) is 16.2 Å². The Hall–Kier alpha value is -3.23. The lowest BCUT2D eigenvalue weighted by atomic mass is 9.82. The number of rotatable bonds is 8. The van der Waals surface area contributed by atoms with Gasteiger partial charge in [-0.1, -0.05) is 25.3 Å². The van der Waals surface area contributed by atoms with Crippen LogP contribution in [0.15, 0.2) is 42.7 Å². The number of pyridine rings is 1. The van der Waals surface area contributed by atoms with Gasteiger partial charge in [0.05, 0.1) is 16.8 Å². The quantitative estimate of drug-likeness (QED) is 0.394. The van der Waals surface area contributed by atoms with Gasteiger partial charge in [-0.25, -0.2) is 4.79 Å². The van der Waals surface area contributed by atoms with E-state index in [1.165, 1.54) is 29.7 Å². The standard InChI is InChI=1S/C26H32N4O4/c1-28(2)34-17-29(3)23(31)16-30-22-14-19(26(32)33)11-12-21(22)24(18-8-5-4-6-9-18)25(30)20-10-7-13-27-15-20/h7,10-15,18H,4-6,8-9,16-17H2,1-3H3,(H,32,33). The number of hydrogen-bond acceptors (Lipinski definition) is 5. The third-order valence-corrected chi connectivity index (χ3v) is 6.53. The van der Waals surface area contributed by atoms with Crippen LogP contribution in [0, 0.1) is 0 Å². The zero-order valence-corrected chi connectivity index (χ0v) is 20.0. The minimum atomic E-state index is -0.986. The molecule has 0 radical (unpaired) electrons. The van der Waals surface area contributed by atoms with Crippen molar-refractivity contribution in [3.8, 4) is 11.3 Å². The molecule has 8 heteroatoms. The molecule has 0 bridgehead atoms. The van der Waals surface area contributed by atoms with E-state index in [0.29, 0.717) is 5.92 Å². The highest BCUT2D eigenvalue weighted by Gasteiger charge is 2.28. The van der Waals surface area contributed by atoms with Gasteiger partial charge in [0.1, 0.15) is 13.3 Å². The zero-order chi connectivity index (χ0) is 24.2. The van der Waals surface area contributed by atoms with Crippen LogP contribution in [0.3, 0.4) is 0 Å². The number of hydroxylamine groups is 2. The fourth-order valence-electron chi connectivity index (χ4n) is 4.82. The molecule has 1 N–H and O–H groups in total. The van der Waals surface area contributed by atoms with Gasteiger partial charge in [0, 0.05) is 44.5 Å². The van der Waals surface area contributed by atoms with Crippen molar-refractivity contribution in [2.75, 3.05) is 27.9 Å². The molecule has 0 atom stereocenters. The van der Waals surface area contributed by atoms with Crippen LogP contribution in [-0.4, -0.2) is 64.4 Å². The van der Waals surface area contributed by atoms with E-state index in [1.807, 2.05) is 29.0 Å². The largest absolute Gasteiger partial charge is 0.478 e. The predicted octanol–water partition coefficient (Wildman–Crippen LogP) is 4.36. The summed E-state index contributed by atoms with van der Waals surface area (Å²) >= 11 is 0. The maximum Gasteiger partial charge on any atom is 0.335 e. The van der Waals surface area contributed by atoms with Crippen molar-refractivity contribution in [1.29, 1.82) is 0 Å². The number of carbonyl (C=O) groups excluding carboxylic acids is 1. The summed E-state index contributed by atoms with van der Waals surface area (Å²) in [4.78, 5) is 36.3. The molecule has 3 aromatic rings. The minimum absolute atomic E-state index is 0.0732. The summed E-state index contributed by atoms with van der Waals surface area (Å²) in [5.41, 5.74) is 4.04. The average molecular weight is 465 g/mol. The van der Waals surface area contributed by atoms with E-state index in [-0.39, 0.29) is 24.7 Å². The topological polar surface area (TPSA) is 87.9 Å². The van der Waals surface area contributed by atoms with Crippen molar-refractivity contribution in [3.63, 3.8) is 0 Å². The summed E-state index contributed by atoms with van der Waals surface area (Å²) < 4.78 is 1.97. The van der Waals surface area contributed by atoms with Gasteiger partial charge >= 0.3 is 5.97 Å². The van der Waals surface area contributed by atoms with Crippen molar-refractivity contribution in [2.45, 2.75) is 44.6 Å². The number of carboxylic acid groups (broad SMARTS) is 1. The van der Waals surface area contributed by atoms with E-state index in [4.69, 9.17) is 4.84 Å². The molecule has 2 aromatic heterocycles. The van der Waals surface area contributed by atoms with Crippen molar-refractivity contribution >= 4 is 22.8 Å².